The summed E-state index contributed by atoms with van der Waals surface area (Å²) in [5.41, 5.74) is 0. The van der Waals surface area contributed by atoms with E-state index in [1.54, 1.807) is 28.4 Å². The van der Waals surface area contributed by atoms with Crippen molar-refractivity contribution in [3.8, 4) is 0 Å². The van der Waals surface area contributed by atoms with E-state index in [1.165, 1.54) is 0 Å². The largest absolute Gasteiger partial charge is 0.680 e. The molecule has 0 saturated carbocycles. The van der Waals surface area contributed by atoms with Crippen molar-refractivity contribution in [3.63, 3.8) is 0 Å². The average molecular weight is 412 g/mol. The van der Waals surface area contributed by atoms with Crippen molar-refractivity contribution in [1.29, 1.82) is 0 Å². The number of fused-ring (bicyclic) bond motifs is 6. The Kier molecular flexibility index (Phi) is 9.09. The lowest BCUT2D eigenvalue weighted by atomic mass is 10.3. The lowest BCUT2D eigenvalue weighted by Crippen LogP contribution is -2.61. The van der Waals surface area contributed by atoms with E-state index in [0.717, 1.165) is 26.1 Å². The molecule has 3 rings (SSSR count). The average Bonchev–Trinajstić information content (AvgIpc) is 2.61. The van der Waals surface area contributed by atoms with Crippen LogP contribution < -0.4 is 0 Å². The molecule has 0 aromatic rings. The highest BCUT2D eigenvalue weighted by Crippen LogP contribution is 2.23. The molecule has 11 heteroatoms. The molecule has 0 N–H and O–H groups in total. The van der Waals surface area contributed by atoms with Gasteiger partial charge >= 0.3 is 17.9 Å². The summed E-state index contributed by atoms with van der Waals surface area (Å²) in [6.07, 6.45) is 0.650. The zero-order chi connectivity index (χ0) is 19.0. The minimum Gasteiger partial charge on any atom is -0.379 e. The second kappa shape index (κ2) is 10.6. The number of ether oxygens (including phenoxy) is 1. The molecular weight excluding hydrogens is 378 g/mol. The standard InChI is InChI=1S/C15H33NO8Si2/c1-14-11-16-7-9-22-26(20-5,23-14)24-15(12-16)13-21-8-6-10-25(17-2,18-3)19-4/h14-15H,6-13H2,1-5H3. The Bertz CT molecular complexity index is 409. The van der Waals surface area contributed by atoms with Gasteiger partial charge in [-0.15, -0.1) is 0 Å². The maximum absolute atomic E-state index is 6.12. The van der Waals surface area contributed by atoms with E-state index in [1.807, 2.05) is 6.92 Å². The molecule has 26 heavy (non-hydrogen) atoms. The van der Waals surface area contributed by atoms with Gasteiger partial charge < -0.3 is 35.7 Å². The first-order valence-electron chi connectivity index (χ1n) is 9.00. The van der Waals surface area contributed by atoms with E-state index >= 15 is 0 Å². The molecule has 2 bridgehead atoms. The molecule has 0 radical (unpaired) electrons. The van der Waals surface area contributed by atoms with Crippen LogP contribution in [0, 0.1) is 0 Å². The van der Waals surface area contributed by atoms with E-state index in [0.29, 0.717) is 25.9 Å². The topological polar surface area (TPSA) is 77.1 Å². The van der Waals surface area contributed by atoms with Gasteiger partial charge in [0.2, 0.25) is 0 Å². The fraction of sp³-hybridized carbons (Fsp3) is 1.00. The zero-order valence-electron chi connectivity index (χ0n) is 16.5. The summed E-state index contributed by atoms with van der Waals surface area (Å²) >= 11 is 0. The van der Waals surface area contributed by atoms with Crippen LogP contribution in [0.15, 0.2) is 0 Å². The van der Waals surface area contributed by atoms with Crippen LogP contribution in [0.4, 0.5) is 0 Å². The monoisotopic (exact) mass is 411 g/mol. The van der Waals surface area contributed by atoms with Crippen molar-refractivity contribution < 1.29 is 35.7 Å². The van der Waals surface area contributed by atoms with Crippen LogP contribution in [0.2, 0.25) is 6.04 Å². The molecule has 3 aliphatic heterocycles. The summed E-state index contributed by atoms with van der Waals surface area (Å²) in [5, 5.41) is 0. The molecular formula is C15H33NO8Si2. The number of hydrogen-bond acceptors (Lipinski definition) is 9. The van der Waals surface area contributed by atoms with Gasteiger partial charge in [-0.05, 0) is 13.3 Å². The summed E-state index contributed by atoms with van der Waals surface area (Å²) in [6.45, 7) is 6.06. The van der Waals surface area contributed by atoms with E-state index < -0.39 is 17.9 Å². The van der Waals surface area contributed by atoms with Crippen LogP contribution in [0.3, 0.4) is 0 Å². The highest BCUT2D eigenvalue weighted by atomic mass is 28.4. The van der Waals surface area contributed by atoms with Crippen molar-refractivity contribution in [2.24, 2.45) is 0 Å². The number of hydrogen-bond donors (Lipinski definition) is 0. The van der Waals surface area contributed by atoms with Gasteiger partial charge in [0.25, 0.3) is 0 Å². The van der Waals surface area contributed by atoms with Gasteiger partial charge in [-0.25, -0.2) is 0 Å². The van der Waals surface area contributed by atoms with E-state index in [-0.39, 0.29) is 12.2 Å². The second-order valence-corrected chi connectivity index (χ2v) is 11.7. The van der Waals surface area contributed by atoms with Crippen LogP contribution in [0.5, 0.6) is 0 Å². The Balaban J connectivity index is 1.81. The van der Waals surface area contributed by atoms with Gasteiger partial charge in [-0.3, -0.25) is 4.90 Å². The molecule has 154 valence electrons. The molecule has 3 heterocycles. The van der Waals surface area contributed by atoms with Crippen molar-refractivity contribution in [2.75, 3.05) is 67.9 Å². The molecule has 4 unspecified atom stereocenters. The first kappa shape index (κ1) is 22.4. The van der Waals surface area contributed by atoms with Gasteiger partial charge in [-0.2, -0.15) is 0 Å². The summed E-state index contributed by atoms with van der Waals surface area (Å²) < 4.78 is 45.6. The molecule has 3 fully saturated rings. The summed E-state index contributed by atoms with van der Waals surface area (Å²) in [5.74, 6) is 0. The van der Waals surface area contributed by atoms with Crippen LogP contribution in [-0.4, -0.2) is 103 Å². The Morgan fingerprint density at radius 1 is 1.08 bits per heavy atom. The predicted octanol–water partition coefficient (Wildman–Crippen LogP) is 0.489. The SMILES string of the molecule is CO[Si](CCCOCC1CN2CCO[Si](OC)(OC(C)C2)O1)(OC)OC. The third-order valence-electron chi connectivity index (χ3n) is 4.58. The lowest BCUT2D eigenvalue weighted by Gasteiger charge is -2.42. The van der Waals surface area contributed by atoms with E-state index in [4.69, 9.17) is 35.7 Å². The molecule has 0 spiro atoms. The molecule has 0 aromatic heterocycles. The highest BCUT2D eigenvalue weighted by Gasteiger charge is 2.51. The Morgan fingerprint density at radius 2 is 1.81 bits per heavy atom. The van der Waals surface area contributed by atoms with Crippen LogP contribution in [0.25, 0.3) is 0 Å². The zero-order valence-corrected chi connectivity index (χ0v) is 18.5. The normalized spacial score (nSPS) is 32.9. The summed E-state index contributed by atoms with van der Waals surface area (Å²) in [7, 11) is 0.794. The van der Waals surface area contributed by atoms with Gasteiger partial charge in [0.1, 0.15) is 0 Å². The molecule has 3 saturated heterocycles. The first-order chi connectivity index (χ1) is 12.5. The van der Waals surface area contributed by atoms with Crippen molar-refractivity contribution in [2.45, 2.75) is 31.6 Å². The third-order valence-corrected chi connectivity index (χ3v) is 9.78. The number of nitrogens with zero attached hydrogens (tertiary/aromatic N) is 1. The molecule has 3 aliphatic rings. The molecule has 0 aromatic carbocycles. The maximum Gasteiger partial charge on any atom is 0.680 e. The van der Waals surface area contributed by atoms with Gasteiger partial charge in [0, 0.05) is 60.7 Å². The molecule has 9 nitrogen and oxygen atoms in total. The smallest absolute Gasteiger partial charge is 0.379 e. The second-order valence-electron chi connectivity index (χ2n) is 6.45. The van der Waals surface area contributed by atoms with Gasteiger partial charge in [0.15, 0.2) is 0 Å². The van der Waals surface area contributed by atoms with Gasteiger partial charge in [-0.1, -0.05) is 0 Å². The maximum atomic E-state index is 6.12. The van der Waals surface area contributed by atoms with Crippen molar-refractivity contribution in [1.82, 2.24) is 4.90 Å². The van der Waals surface area contributed by atoms with E-state index in [2.05, 4.69) is 4.90 Å². The lowest BCUT2D eigenvalue weighted by molar-refractivity contribution is -0.123. The fourth-order valence-electron chi connectivity index (χ4n) is 3.23. The Labute approximate surface area is 158 Å². The molecule has 0 amide bonds. The van der Waals surface area contributed by atoms with Crippen LogP contribution >= 0.6 is 0 Å². The Hall–Kier alpha value is 0.0738. The van der Waals surface area contributed by atoms with E-state index in [9.17, 15) is 0 Å². The summed E-state index contributed by atoms with van der Waals surface area (Å²) in [6, 6.07) is 0.703. The first-order valence-corrected chi connectivity index (χ1v) is 12.6. The minimum atomic E-state index is -3.10. The van der Waals surface area contributed by atoms with Crippen molar-refractivity contribution in [3.05, 3.63) is 0 Å². The van der Waals surface area contributed by atoms with Crippen LogP contribution in [-0.2, 0) is 35.7 Å². The van der Waals surface area contributed by atoms with Gasteiger partial charge in [0.05, 0.1) is 25.4 Å². The predicted molar refractivity (Wildman–Crippen MR) is 97.6 cm³/mol. The summed E-state index contributed by atoms with van der Waals surface area (Å²) in [4.78, 5) is 2.28. The number of rotatable bonds is 10. The highest BCUT2D eigenvalue weighted by molar-refractivity contribution is 6.60. The fourth-order valence-corrected chi connectivity index (χ4v) is 6.88. The minimum absolute atomic E-state index is 0.0130. The Morgan fingerprint density at radius 3 is 2.46 bits per heavy atom. The van der Waals surface area contributed by atoms with Crippen LogP contribution in [0.1, 0.15) is 13.3 Å². The van der Waals surface area contributed by atoms with Crippen molar-refractivity contribution >= 4 is 17.9 Å². The molecule has 4 atom stereocenters. The third kappa shape index (κ3) is 6.04. The molecule has 0 aliphatic carbocycles. The quantitative estimate of drug-likeness (QED) is 0.377.